The van der Waals surface area contributed by atoms with E-state index in [4.69, 9.17) is 10.5 Å². The summed E-state index contributed by atoms with van der Waals surface area (Å²) in [5.74, 6) is -0.669. The van der Waals surface area contributed by atoms with Crippen molar-refractivity contribution < 1.29 is 23.0 Å². The fourth-order valence-corrected chi connectivity index (χ4v) is 1.48. The quantitative estimate of drug-likeness (QED) is 0.651. The highest BCUT2D eigenvalue weighted by Gasteiger charge is 2.17. The van der Waals surface area contributed by atoms with Crippen LogP contribution in [0.2, 0.25) is 0 Å². The Morgan fingerprint density at radius 2 is 2.11 bits per heavy atom. The van der Waals surface area contributed by atoms with Gasteiger partial charge in [-0.25, -0.2) is 0 Å². The molecule has 0 amide bonds. The van der Waals surface area contributed by atoms with Crippen LogP contribution in [0.4, 0.5) is 14.5 Å². The highest BCUT2D eigenvalue weighted by molar-refractivity contribution is 5.75. The number of carbonyl (C=O) groups is 1. The number of hydrogen-bond acceptors (Lipinski definition) is 4. The molecular weight excluding hydrogens is 244 g/mol. The lowest BCUT2D eigenvalue weighted by atomic mass is 10.1. The molecule has 0 atom stereocenters. The van der Waals surface area contributed by atoms with Gasteiger partial charge in [-0.1, -0.05) is 12.1 Å². The highest BCUT2D eigenvalue weighted by atomic mass is 19.3. The fraction of sp³-hybridized carbons (Fsp3) is 0.417. The number of anilines is 1. The Morgan fingerprint density at radius 1 is 1.44 bits per heavy atom. The summed E-state index contributed by atoms with van der Waals surface area (Å²) < 4.78 is 33.7. The van der Waals surface area contributed by atoms with Gasteiger partial charge in [-0.05, 0) is 19.4 Å². The van der Waals surface area contributed by atoms with Crippen LogP contribution >= 0.6 is 0 Å². The van der Waals surface area contributed by atoms with Crippen molar-refractivity contribution in [2.24, 2.45) is 0 Å². The van der Waals surface area contributed by atoms with E-state index in [1.807, 2.05) is 0 Å². The Hall–Kier alpha value is -1.85. The maximum Gasteiger partial charge on any atom is 0.387 e. The van der Waals surface area contributed by atoms with Crippen LogP contribution in [0.25, 0.3) is 0 Å². The van der Waals surface area contributed by atoms with Crippen LogP contribution in [0.3, 0.4) is 0 Å². The molecule has 4 nitrogen and oxygen atoms in total. The van der Waals surface area contributed by atoms with Crippen molar-refractivity contribution in [2.45, 2.75) is 26.9 Å². The molecule has 1 aromatic carbocycles. The summed E-state index contributed by atoms with van der Waals surface area (Å²) in [5.41, 5.74) is 6.68. The lowest BCUT2D eigenvalue weighted by molar-refractivity contribution is -0.142. The van der Waals surface area contributed by atoms with Gasteiger partial charge in [0.1, 0.15) is 0 Å². The first-order valence-corrected chi connectivity index (χ1v) is 5.44. The number of hydrogen-bond donors (Lipinski definition) is 1. The van der Waals surface area contributed by atoms with Gasteiger partial charge in [-0.15, -0.1) is 0 Å². The third-order valence-corrected chi connectivity index (χ3v) is 2.34. The number of alkyl halides is 2. The molecule has 0 bridgehead atoms. The first kappa shape index (κ1) is 14.2. The second-order valence-electron chi connectivity index (χ2n) is 3.64. The molecule has 0 aliphatic rings. The third-order valence-electron chi connectivity index (χ3n) is 2.34. The van der Waals surface area contributed by atoms with Crippen LogP contribution in [0.15, 0.2) is 12.1 Å². The van der Waals surface area contributed by atoms with Crippen LogP contribution in [0.5, 0.6) is 5.75 Å². The van der Waals surface area contributed by atoms with E-state index in [0.717, 1.165) is 0 Å². The molecule has 0 aliphatic carbocycles. The van der Waals surface area contributed by atoms with Crippen LogP contribution in [0, 0.1) is 6.92 Å². The summed E-state index contributed by atoms with van der Waals surface area (Å²) >= 11 is 0. The lowest BCUT2D eigenvalue weighted by Crippen LogP contribution is -2.12. The Labute approximate surface area is 104 Å². The van der Waals surface area contributed by atoms with Crippen LogP contribution in [-0.4, -0.2) is 19.2 Å². The molecule has 100 valence electrons. The number of nitrogens with two attached hydrogens (primary N) is 1. The van der Waals surface area contributed by atoms with Crippen LogP contribution in [-0.2, 0) is 16.0 Å². The smallest absolute Gasteiger partial charge is 0.387 e. The van der Waals surface area contributed by atoms with Gasteiger partial charge < -0.3 is 15.2 Å². The summed E-state index contributed by atoms with van der Waals surface area (Å²) in [6, 6.07) is 3.17. The van der Waals surface area contributed by atoms with E-state index in [1.165, 1.54) is 6.07 Å². The van der Waals surface area contributed by atoms with Crippen molar-refractivity contribution in [2.75, 3.05) is 12.3 Å². The van der Waals surface area contributed by atoms with Crippen molar-refractivity contribution in [1.82, 2.24) is 0 Å². The molecular formula is C12H15F2NO3. The maximum absolute atomic E-state index is 12.3. The van der Waals surface area contributed by atoms with Crippen molar-refractivity contribution in [1.29, 1.82) is 0 Å². The summed E-state index contributed by atoms with van der Waals surface area (Å²) in [5, 5.41) is 0. The minimum atomic E-state index is -2.99. The first-order chi connectivity index (χ1) is 8.45. The molecule has 18 heavy (non-hydrogen) atoms. The number of rotatable bonds is 5. The van der Waals surface area contributed by atoms with E-state index in [-0.39, 0.29) is 30.0 Å². The van der Waals surface area contributed by atoms with Crippen LogP contribution in [0.1, 0.15) is 18.1 Å². The number of aryl methyl sites for hydroxylation is 1. The molecule has 1 rings (SSSR count). The largest absolute Gasteiger partial charge is 0.466 e. The molecule has 0 spiro atoms. The molecule has 0 saturated heterocycles. The minimum absolute atomic E-state index is 0.108. The molecule has 2 N–H and O–H groups in total. The van der Waals surface area contributed by atoms with Crippen molar-refractivity contribution in [3.05, 3.63) is 23.3 Å². The Bertz CT molecular complexity index is 436. The zero-order valence-electron chi connectivity index (χ0n) is 10.2. The molecule has 0 saturated carbocycles. The summed E-state index contributed by atoms with van der Waals surface area (Å²) in [7, 11) is 0. The number of ether oxygens (including phenoxy) is 2. The number of carbonyl (C=O) groups excluding carboxylic acids is 1. The topological polar surface area (TPSA) is 61.5 Å². The average Bonchev–Trinajstić information content (AvgIpc) is 2.28. The summed E-state index contributed by atoms with van der Waals surface area (Å²) in [6.45, 7) is 0.570. The van der Waals surface area contributed by atoms with Gasteiger partial charge in [-0.2, -0.15) is 8.78 Å². The van der Waals surface area contributed by atoms with Crippen molar-refractivity contribution >= 4 is 11.7 Å². The van der Waals surface area contributed by atoms with Gasteiger partial charge in [0.2, 0.25) is 0 Å². The van der Waals surface area contributed by atoms with E-state index in [9.17, 15) is 13.6 Å². The van der Waals surface area contributed by atoms with E-state index >= 15 is 0 Å². The minimum Gasteiger partial charge on any atom is -0.466 e. The first-order valence-electron chi connectivity index (χ1n) is 5.44. The molecule has 1 aromatic rings. The van der Waals surface area contributed by atoms with Crippen molar-refractivity contribution in [3.8, 4) is 5.75 Å². The standard InChI is InChI=1S/C12H15F2NO3/c1-3-17-9(16)6-8-5-4-7(2)10(15)11(8)18-12(13)14/h4-5,12H,3,6,15H2,1-2H3. The number of benzene rings is 1. The van der Waals surface area contributed by atoms with Gasteiger partial charge in [0.25, 0.3) is 0 Å². The lowest BCUT2D eigenvalue weighted by Gasteiger charge is -2.14. The Morgan fingerprint density at radius 3 is 2.67 bits per heavy atom. The summed E-state index contributed by atoms with van der Waals surface area (Å²) in [4.78, 5) is 11.3. The van der Waals surface area contributed by atoms with Gasteiger partial charge >= 0.3 is 12.6 Å². The average molecular weight is 259 g/mol. The SMILES string of the molecule is CCOC(=O)Cc1ccc(C)c(N)c1OC(F)F. The second kappa shape index (κ2) is 6.18. The third kappa shape index (κ3) is 3.58. The second-order valence-corrected chi connectivity index (χ2v) is 3.64. The highest BCUT2D eigenvalue weighted by Crippen LogP contribution is 2.31. The molecule has 0 unspecified atom stereocenters. The zero-order chi connectivity index (χ0) is 13.7. The molecule has 6 heteroatoms. The maximum atomic E-state index is 12.3. The molecule has 0 aromatic heterocycles. The van der Waals surface area contributed by atoms with Gasteiger partial charge in [-0.3, -0.25) is 4.79 Å². The van der Waals surface area contributed by atoms with Gasteiger partial charge in [0, 0.05) is 5.56 Å². The molecule has 0 aliphatic heterocycles. The summed E-state index contributed by atoms with van der Waals surface area (Å²) in [6.07, 6.45) is -0.152. The fourth-order valence-electron chi connectivity index (χ4n) is 1.48. The normalized spacial score (nSPS) is 10.5. The predicted molar refractivity (Wildman–Crippen MR) is 62.6 cm³/mol. The number of halogens is 2. The van der Waals surface area contributed by atoms with Gasteiger partial charge in [0.05, 0.1) is 18.7 Å². The van der Waals surface area contributed by atoms with E-state index in [2.05, 4.69) is 4.74 Å². The van der Waals surface area contributed by atoms with Crippen molar-refractivity contribution in [3.63, 3.8) is 0 Å². The molecule has 0 fully saturated rings. The zero-order valence-corrected chi connectivity index (χ0v) is 10.2. The number of nitrogen functional groups attached to an aromatic ring is 1. The number of esters is 1. The van der Waals surface area contributed by atoms with E-state index in [0.29, 0.717) is 5.56 Å². The van der Waals surface area contributed by atoms with Gasteiger partial charge in [0.15, 0.2) is 5.75 Å². The molecule has 0 heterocycles. The van der Waals surface area contributed by atoms with Crippen LogP contribution < -0.4 is 10.5 Å². The predicted octanol–water partition coefficient (Wildman–Crippen LogP) is 2.28. The monoisotopic (exact) mass is 259 g/mol. The molecule has 0 radical (unpaired) electrons. The Kier molecular flexibility index (Phi) is 4.88. The van der Waals surface area contributed by atoms with E-state index in [1.54, 1.807) is 19.9 Å². The Balaban J connectivity index is 3.02. The van der Waals surface area contributed by atoms with E-state index < -0.39 is 12.6 Å².